The Balaban J connectivity index is 2.16. The highest BCUT2D eigenvalue weighted by Gasteiger charge is 2.27. The molecule has 5 nitrogen and oxygen atoms in total. The van der Waals surface area contributed by atoms with Crippen molar-refractivity contribution in [3.8, 4) is 0 Å². The van der Waals surface area contributed by atoms with Crippen molar-refractivity contribution in [2.75, 3.05) is 5.32 Å². The van der Waals surface area contributed by atoms with Crippen LogP contribution in [0.15, 0.2) is 24.3 Å². The summed E-state index contributed by atoms with van der Waals surface area (Å²) in [6.07, 6.45) is 0. The zero-order valence-electron chi connectivity index (χ0n) is 10.8. The van der Waals surface area contributed by atoms with E-state index in [9.17, 15) is 4.79 Å². The second-order valence-corrected chi connectivity index (χ2v) is 5.44. The SMILES string of the molecule is CC(C)(C)C(N)C(=O)Nc1nc2ccccc2[nH]1. The zero-order valence-corrected chi connectivity index (χ0v) is 10.8. The number of nitrogens with two attached hydrogens (primary N) is 1. The molecule has 5 heteroatoms. The first kappa shape index (κ1) is 12.6. The lowest BCUT2D eigenvalue weighted by Gasteiger charge is -2.25. The van der Waals surface area contributed by atoms with Gasteiger partial charge in [-0.2, -0.15) is 0 Å². The van der Waals surface area contributed by atoms with Crippen molar-refractivity contribution in [3.63, 3.8) is 0 Å². The second kappa shape index (κ2) is 4.42. The molecule has 1 atom stereocenters. The van der Waals surface area contributed by atoms with Crippen molar-refractivity contribution < 1.29 is 4.79 Å². The number of carbonyl (C=O) groups is 1. The summed E-state index contributed by atoms with van der Waals surface area (Å²) in [6, 6.07) is 7.01. The van der Waals surface area contributed by atoms with Gasteiger partial charge in [0.05, 0.1) is 17.1 Å². The van der Waals surface area contributed by atoms with Crippen LogP contribution in [-0.4, -0.2) is 21.9 Å². The van der Waals surface area contributed by atoms with Gasteiger partial charge >= 0.3 is 0 Å². The zero-order chi connectivity index (χ0) is 13.3. The molecule has 0 spiro atoms. The van der Waals surface area contributed by atoms with E-state index in [-0.39, 0.29) is 11.3 Å². The van der Waals surface area contributed by atoms with Crippen LogP contribution in [0.25, 0.3) is 11.0 Å². The van der Waals surface area contributed by atoms with Crippen molar-refractivity contribution in [3.05, 3.63) is 24.3 Å². The highest BCUT2D eigenvalue weighted by atomic mass is 16.2. The number of fused-ring (bicyclic) bond motifs is 1. The Hall–Kier alpha value is -1.88. The van der Waals surface area contributed by atoms with Crippen LogP contribution in [0.4, 0.5) is 5.95 Å². The summed E-state index contributed by atoms with van der Waals surface area (Å²) >= 11 is 0. The Labute approximate surface area is 106 Å². The molecule has 0 saturated carbocycles. The minimum absolute atomic E-state index is 0.235. The van der Waals surface area contributed by atoms with Crippen LogP contribution in [0.3, 0.4) is 0 Å². The number of H-pyrrole nitrogens is 1. The quantitative estimate of drug-likeness (QED) is 0.756. The van der Waals surface area contributed by atoms with Crippen LogP contribution in [-0.2, 0) is 4.79 Å². The number of nitrogens with one attached hydrogen (secondary N) is 2. The molecule has 1 amide bonds. The lowest BCUT2D eigenvalue weighted by atomic mass is 9.87. The van der Waals surface area contributed by atoms with E-state index >= 15 is 0 Å². The first-order chi connectivity index (χ1) is 8.38. The normalized spacial score (nSPS) is 13.6. The molecule has 0 radical (unpaired) electrons. The molecule has 96 valence electrons. The van der Waals surface area contributed by atoms with E-state index in [0.717, 1.165) is 11.0 Å². The summed E-state index contributed by atoms with van der Waals surface area (Å²) in [5.74, 6) is 0.197. The average molecular weight is 246 g/mol. The summed E-state index contributed by atoms with van der Waals surface area (Å²) < 4.78 is 0. The number of benzene rings is 1. The third-order valence-electron chi connectivity index (χ3n) is 2.85. The van der Waals surface area contributed by atoms with Crippen molar-refractivity contribution >= 4 is 22.9 Å². The van der Waals surface area contributed by atoms with E-state index in [1.165, 1.54) is 0 Å². The second-order valence-electron chi connectivity index (χ2n) is 5.44. The lowest BCUT2D eigenvalue weighted by Crippen LogP contribution is -2.45. The summed E-state index contributed by atoms with van der Waals surface area (Å²) in [7, 11) is 0. The number of aromatic amines is 1. The molecule has 2 rings (SSSR count). The van der Waals surface area contributed by atoms with Gasteiger partial charge < -0.3 is 10.7 Å². The van der Waals surface area contributed by atoms with Crippen molar-refractivity contribution in [1.82, 2.24) is 9.97 Å². The Morgan fingerprint density at radius 3 is 2.67 bits per heavy atom. The molecular formula is C13H18N4O. The van der Waals surface area contributed by atoms with Crippen LogP contribution in [0.5, 0.6) is 0 Å². The molecule has 0 aliphatic heterocycles. The molecular weight excluding hydrogens is 228 g/mol. The summed E-state index contributed by atoms with van der Waals surface area (Å²) in [4.78, 5) is 19.2. The number of amides is 1. The maximum absolute atomic E-state index is 11.9. The number of imidazole rings is 1. The van der Waals surface area contributed by atoms with E-state index in [1.807, 2.05) is 45.0 Å². The fourth-order valence-electron chi connectivity index (χ4n) is 1.60. The maximum Gasteiger partial charge on any atom is 0.244 e. The van der Waals surface area contributed by atoms with E-state index in [2.05, 4.69) is 15.3 Å². The van der Waals surface area contributed by atoms with E-state index in [4.69, 9.17) is 5.73 Å². The number of rotatable bonds is 2. The van der Waals surface area contributed by atoms with Gasteiger partial charge in [0.25, 0.3) is 0 Å². The lowest BCUT2D eigenvalue weighted by molar-refractivity contribution is -0.119. The van der Waals surface area contributed by atoms with Crippen LogP contribution in [0, 0.1) is 5.41 Å². The van der Waals surface area contributed by atoms with E-state index in [0.29, 0.717) is 5.95 Å². The Morgan fingerprint density at radius 2 is 2.06 bits per heavy atom. The molecule has 1 unspecified atom stereocenters. The number of nitrogens with zero attached hydrogens (tertiary/aromatic N) is 1. The van der Waals surface area contributed by atoms with Crippen LogP contribution >= 0.6 is 0 Å². The molecule has 1 heterocycles. The fraction of sp³-hybridized carbons (Fsp3) is 0.385. The highest BCUT2D eigenvalue weighted by molar-refractivity contribution is 5.95. The van der Waals surface area contributed by atoms with Gasteiger partial charge in [-0.25, -0.2) is 4.98 Å². The molecule has 0 aliphatic rings. The summed E-state index contributed by atoms with van der Waals surface area (Å²) in [6.45, 7) is 5.78. The number of hydrogen-bond acceptors (Lipinski definition) is 3. The molecule has 0 fully saturated rings. The van der Waals surface area contributed by atoms with Gasteiger partial charge in [-0.15, -0.1) is 0 Å². The molecule has 4 N–H and O–H groups in total. The van der Waals surface area contributed by atoms with Crippen LogP contribution in [0.1, 0.15) is 20.8 Å². The molecule has 2 aromatic rings. The third-order valence-corrected chi connectivity index (χ3v) is 2.85. The molecule has 0 bridgehead atoms. The highest BCUT2D eigenvalue weighted by Crippen LogP contribution is 2.19. The van der Waals surface area contributed by atoms with Gasteiger partial charge in [0.1, 0.15) is 0 Å². The predicted octanol–water partition coefficient (Wildman–Crippen LogP) is 1.87. The minimum Gasteiger partial charge on any atom is -0.324 e. The van der Waals surface area contributed by atoms with Gasteiger partial charge in [0, 0.05) is 0 Å². The predicted molar refractivity (Wildman–Crippen MR) is 72.2 cm³/mol. The van der Waals surface area contributed by atoms with Crippen molar-refractivity contribution in [1.29, 1.82) is 0 Å². The van der Waals surface area contributed by atoms with Crippen LogP contribution < -0.4 is 11.1 Å². The fourth-order valence-corrected chi connectivity index (χ4v) is 1.60. The smallest absolute Gasteiger partial charge is 0.244 e. The van der Waals surface area contributed by atoms with Gasteiger partial charge in [0.15, 0.2) is 0 Å². The van der Waals surface area contributed by atoms with Crippen molar-refractivity contribution in [2.45, 2.75) is 26.8 Å². The van der Waals surface area contributed by atoms with Gasteiger partial charge in [0.2, 0.25) is 11.9 Å². The maximum atomic E-state index is 11.9. The van der Waals surface area contributed by atoms with Crippen molar-refractivity contribution in [2.24, 2.45) is 11.1 Å². The number of carbonyl (C=O) groups excluding carboxylic acids is 1. The average Bonchev–Trinajstić information content (AvgIpc) is 2.68. The molecule has 1 aromatic heterocycles. The standard InChI is InChI=1S/C13H18N4O/c1-13(2,3)10(14)11(18)17-12-15-8-6-4-5-7-9(8)16-12/h4-7,10H,14H2,1-3H3,(H2,15,16,17,18). The number of para-hydroxylation sites is 2. The number of aromatic nitrogens is 2. The first-order valence-electron chi connectivity index (χ1n) is 5.89. The Kier molecular flexibility index (Phi) is 3.09. The molecule has 0 aliphatic carbocycles. The first-order valence-corrected chi connectivity index (χ1v) is 5.89. The molecule has 18 heavy (non-hydrogen) atoms. The van der Waals surface area contributed by atoms with Gasteiger partial charge in [-0.3, -0.25) is 10.1 Å². The largest absolute Gasteiger partial charge is 0.324 e. The topological polar surface area (TPSA) is 83.8 Å². The minimum atomic E-state index is -0.578. The monoisotopic (exact) mass is 246 g/mol. The molecule has 0 saturated heterocycles. The Morgan fingerprint density at radius 1 is 1.39 bits per heavy atom. The number of anilines is 1. The van der Waals surface area contributed by atoms with E-state index in [1.54, 1.807) is 0 Å². The van der Waals surface area contributed by atoms with Gasteiger partial charge in [-0.1, -0.05) is 32.9 Å². The summed E-state index contributed by atoms with van der Waals surface area (Å²) in [5.41, 5.74) is 7.30. The number of hydrogen-bond donors (Lipinski definition) is 3. The van der Waals surface area contributed by atoms with Gasteiger partial charge in [-0.05, 0) is 17.5 Å². The summed E-state index contributed by atoms with van der Waals surface area (Å²) in [5, 5.41) is 2.71. The Bertz CT molecular complexity index is 535. The van der Waals surface area contributed by atoms with E-state index < -0.39 is 6.04 Å². The molecule has 1 aromatic carbocycles. The van der Waals surface area contributed by atoms with Crippen LogP contribution in [0.2, 0.25) is 0 Å². The third kappa shape index (κ3) is 2.51.